The van der Waals surface area contributed by atoms with Crippen LogP contribution in [0.5, 0.6) is 0 Å². The monoisotopic (exact) mass is 276 g/mol. The first-order valence-corrected chi connectivity index (χ1v) is 6.67. The molecule has 4 heteroatoms. The lowest BCUT2D eigenvalue weighted by Gasteiger charge is -2.03. The molecule has 0 saturated heterocycles. The molecule has 0 spiro atoms. The largest absolute Gasteiger partial charge is 0.451 e. The van der Waals surface area contributed by atoms with Gasteiger partial charge in [-0.15, -0.1) is 0 Å². The molecule has 102 valence electrons. The van der Waals surface area contributed by atoms with E-state index in [1.165, 1.54) is 0 Å². The van der Waals surface area contributed by atoms with Gasteiger partial charge in [0.15, 0.2) is 5.76 Å². The van der Waals surface area contributed by atoms with Gasteiger partial charge in [0.2, 0.25) is 0 Å². The number of carbonyl (C=O) groups is 1. The van der Waals surface area contributed by atoms with Crippen molar-refractivity contribution in [3.63, 3.8) is 0 Å². The fourth-order valence-corrected chi connectivity index (χ4v) is 2.42. The number of nitrogens with one attached hydrogen (secondary N) is 2. The summed E-state index contributed by atoms with van der Waals surface area (Å²) in [6.45, 7) is 0. The van der Waals surface area contributed by atoms with E-state index in [0.717, 1.165) is 22.0 Å². The Hall–Kier alpha value is -3.01. The second-order valence-electron chi connectivity index (χ2n) is 4.88. The Balaban J connectivity index is 1.64. The molecule has 0 bridgehead atoms. The van der Waals surface area contributed by atoms with Crippen molar-refractivity contribution in [1.29, 1.82) is 0 Å². The standard InChI is InChI=1S/C17H12N2O2/c20-17(16-10-12-3-1-2-4-15(12)21-16)19-13-5-6-14-11(9-13)7-8-18-14/h1-10,18H,(H,19,20). The van der Waals surface area contributed by atoms with Gasteiger partial charge >= 0.3 is 0 Å². The van der Waals surface area contributed by atoms with Crippen molar-refractivity contribution in [1.82, 2.24) is 4.98 Å². The molecule has 4 nitrogen and oxygen atoms in total. The first-order chi connectivity index (χ1) is 10.3. The van der Waals surface area contributed by atoms with Crippen molar-refractivity contribution in [2.24, 2.45) is 0 Å². The number of benzene rings is 2. The fourth-order valence-electron chi connectivity index (χ4n) is 2.42. The molecule has 0 aliphatic carbocycles. The zero-order valence-corrected chi connectivity index (χ0v) is 11.1. The van der Waals surface area contributed by atoms with E-state index in [9.17, 15) is 4.79 Å². The number of carbonyl (C=O) groups excluding carboxylic acids is 1. The Bertz CT molecular complexity index is 916. The van der Waals surface area contributed by atoms with Gasteiger partial charge in [-0.05, 0) is 36.4 Å². The van der Waals surface area contributed by atoms with Gasteiger partial charge in [-0.2, -0.15) is 0 Å². The highest BCUT2D eigenvalue weighted by Gasteiger charge is 2.12. The van der Waals surface area contributed by atoms with E-state index in [-0.39, 0.29) is 5.91 Å². The SMILES string of the molecule is O=C(Nc1ccc2[nH]ccc2c1)c1cc2ccccc2o1. The van der Waals surface area contributed by atoms with Crippen LogP contribution in [-0.4, -0.2) is 10.9 Å². The van der Waals surface area contributed by atoms with Crippen molar-refractivity contribution >= 4 is 33.5 Å². The molecule has 2 heterocycles. The second-order valence-corrected chi connectivity index (χ2v) is 4.88. The van der Waals surface area contributed by atoms with E-state index in [2.05, 4.69) is 10.3 Å². The van der Waals surface area contributed by atoms with Crippen molar-refractivity contribution in [3.8, 4) is 0 Å². The van der Waals surface area contributed by atoms with Gasteiger partial charge in [-0.25, -0.2) is 0 Å². The quantitative estimate of drug-likeness (QED) is 0.577. The summed E-state index contributed by atoms with van der Waals surface area (Å²) in [5, 5.41) is 4.83. The van der Waals surface area contributed by atoms with Crippen LogP contribution < -0.4 is 5.32 Å². The third-order valence-electron chi connectivity index (χ3n) is 3.46. The van der Waals surface area contributed by atoms with Crippen LogP contribution in [0.1, 0.15) is 10.6 Å². The van der Waals surface area contributed by atoms with Crippen molar-refractivity contribution < 1.29 is 9.21 Å². The number of hydrogen-bond acceptors (Lipinski definition) is 2. The molecular weight excluding hydrogens is 264 g/mol. The van der Waals surface area contributed by atoms with Gasteiger partial charge in [-0.3, -0.25) is 4.79 Å². The Morgan fingerprint density at radius 1 is 1.00 bits per heavy atom. The lowest BCUT2D eigenvalue weighted by atomic mass is 10.2. The van der Waals surface area contributed by atoms with Crippen molar-refractivity contribution in [3.05, 3.63) is 66.6 Å². The van der Waals surface area contributed by atoms with E-state index >= 15 is 0 Å². The zero-order valence-electron chi connectivity index (χ0n) is 11.1. The van der Waals surface area contributed by atoms with E-state index in [1.54, 1.807) is 6.07 Å². The van der Waals surface area contributed by atoms with Crippen molar-refractivity contribution in [2.75, 3.05) is 5.32 Å². The Labute approximate surface area is 120 Å². The van der Waals surface area contributed by atoms with Gasteiger partial charge < -0.3 is 14.7 Å². The average Bonchev–Trinajstić information content (AvgIpc) is 3.13. The number of hydrogen-bond donors (Lipinski definition) is 2. The summed E-state index contributed by atoms with van der Waals surface area (Å²) in [6, 6.07) is 17.0. The first kappa shape index (κ1) is 11.8. The van der Waals surface area contributed by atoms with E-state index in [4.69, 9.17) is 4.42 Å². The average molecular weight is 276 g/mol. The second kappa shape index (κ2) is 4.52. The van der Waals surface area contributed by atoms with Gasteiger partial charge in [0.05, 0.1) is 0 Å². The molecule has 4 rings (SSSR count). The van der Waals surface area contributed by atoms with Crippen LogP contribution in [0.15, 0.2) is 65.2 Å². The summed E-state index contributed by atoms with van der Waals surface area (Å²) in [4.78, 5) is 15.4. The molecule has 2 aromatic heterocycles. The molecule has 1 amide bonds. The summed E-state index contributed by atoms with van der Waals surface area (Å²) in [5.74, 6) is 0.0615. The van der Waals surface area contributed by atoms with Crippen molar-refractivity contribution in [2.45, 2.75) is 0 Å². The maximum absolute atomic E-state index is 12.2. The summed E-state index contributed by atoms with van der Waals surface area (Å²) in [6.07, 6.45) is 1.87. The summed E-state index contributed by atoms with van der Waals surface area (Å²) in [7, 11) is 0. The minimum Gasteiger partial charge on any atom is -0.451 e. The molecule has 0 aliphatic rings. The van der Waals surface area contributed by atoms with Crippen LogP contribution in [0, 0.1) is 0 Å². The summed E-state index contributed by atoms with van der Waals surface area (Å²) >= 11 is 0. The van der Waals surface area contributed by atoms with E-state index < -0.39 is 0 Å². The normalized spacial score (nSPS) is 11.0. The summed E-state index contributed by atoms with van der Waals surface area (Å²) in [5.41, 5.74) is 2.49. The Morgan fingerprint density at radius 3 is 2.81 bits per heavy atom. The number of aromatic amines is 1. The molecule has 2 aromatic carbocycles. The van der Waals surface area contributed by atoms with Gasteiger partial charge in [0.25, 0.3) is 5.91 Å². The number of amides is 1. The van der Waals surface area contributed by atoms with Gasteiger partial charge in [0.1, 0.15) is 5.58 Å². The third kappa shape index (κ3) is 2.07. The Morgan fingerprint density at radius 2 is 1.90 bits per heavy atom. The number of aromatic nitrogens is 1. The molecule has 0 saturated carbocycles. The number of furan rings is 1. The molecule has 0 fully saturated rings. The number of fused-ring (bicyclic) bond motifs is 2. The summed E-state index contributed by atoms with van der Waals surface area (Å²) < 4.78 is 5.56. The first-order valence-electron chi connectivity index (χ1n) is 6.67. The predicted octanol–water partition coefficient (Wildman–Crippen LogP) is 4.17. The minimum absolute atomic E-state index is 0.249. The maximum Gasteiger partial charge on any atom is 0.291 e. The van der Waals surface area contributed by atoms with Gasteiger partial charge in [0, 0.05) is 28.2 Å². The van der Waals surface area contributed by atoms with Crippen LogP contribution in [0.2, 0.25) is 0 Å². The third-order valence-corrected chi connectivity index (χ3v) is 3.46. The molecule has 4 aromatic rings. The molecule has 0 atom stereocenters. The van der Waals surface area contributed by atoms with Gasteiger partial charge in [-0.1, -0.05) is 18.2 Å². The highest BCUT2D eigenvalue weighted by Crippen LogP contribution is 2.21. The zero-order chi connectivity index (χ0) is 14.2. The van der Waals surface area contributed by atoms with Crippen LogP contribution in [0.4, 0.5) is 5.69 Å². The van der Waals surface area contributed by atoms with Crippen LogP contribution >= 0.6 is 0 Å². The maximum atomic E-state index is 12.2. The van der Waals surface area contributed by atoms with Crippen LogP contribution in [-0.2, 0) is 0 Å². The number of H-pyrrole nitrogens is 1. The molecule has 21 heavy (non-hydrogen) atoms. The molecular formula is C17H12N2O2. The molecule has 0 unspecified atom stereocenters. The highest BCUT2D eigenvalue weighted by molar-refractivity contribution is 6.05. The van der Waals surface area contributed by atoms with Crippen LogP contribution in [0.25, 0.3) is 21.9 Å². The molecule has 0 radical (unpaired) electrons. The number of para-hydroxylation sites is 1. The smallest absolute Gasteiger partial charge is 0.291 e. The Kier molecular flexibility index (Phi) is 2.54. The number of rotatable bonds is 2. The lowest BCUT2D eigenvalue weighted by Crippen LogP contribution is -2.10. The topological polar surface area (TPSA) is 58.0 Å². The minimum atomic E-state index is -0.249. The number of anilines is 1. The fraction of sp³-hybridized carbons (Fsp3) is 0. The highest BCUT2D eigenvalue weighted by atomic mass is 16.3. The van der Waals surface area contributed by atoms with E-state index in [1.807, 2.05) is 54.7 Å². The molecule has 2 N–H and O–H groups in total. The predicted molar refractivity (Wildman–Crippen MR) is 82.5 cm³/mol. The van der Waals surface area contributed by atoms with Crippen LogP contribution in [0.3, 0.4) is 0 Å². The van der Waals surface area contributed by atoms with E-state index in [0.29, 0.717) is 11.3 Å². The molecule has 0 aliphatic heterocycles. The lowest BCUT2D eigenvalue weighted by molar-refractivity contribution is 0.0998.